The molecule has 0 spiro atoms. The molecule has 2 heterocycles. The van der Waals surface area contributed by atoms with Crippen molar-refractivity contribution in [2.75, 3.05) is 13.1 Å². The van der Waals surface area contributed by atoms with Gasteiger partial charge < -0.3 is 25.3 Å². The molecule has 2 N–H and O–H groups in total. The SMILES string of the molecule is O=C(NCCNC(=O)c1cc([N+](=O)[O-])ccc1Cl)c1nc(Cn2ccc([N+](=O)[O-])n2)no1. The normalized spacial score (nSPS) is 10.5. The number of hydrogen-bond acceptors (Lipinski definition) is 10. The molecule has 3 rings (SSSR count). The van der Waals surface area contributed by atoms with Gasteiger partial charge in [-0.3, -0.25) is 19.7 Å². The number of rotatable bonds is 9. The van der Waals surface area contributed by atoms with Gasteiger partial charge >= 0.3 is 17.6 Å². The van der Waals surface area contributed by atoms with Crippen LogP contribution in [0.1, 0.15) is 26.9 Å². The molecule has 2 aromatic heterocycles. The first kappa shape index (κ1) is 22.3. The summed E-state index contributed by atoms with van der Waals surface area (Å²) in [6.45, 7) is -0.0770. The van der Waals surface area contributed by atoms with Crippen LogP contribution in [-0.4, -0.2) is 54.7 Å². The molecule has 16 heteroatoms. The van der Waals surface area contributed by atoms with Gasteiger partial charge in [0.25, 0.3) is 11.6 Å². The summed E-state index contributed by atoms with van der Waals surface area (Å²) in [7, 11) is 0. The van der Waals surface area contributed by atoms with Crippen LogP contribution in [0.5, 0.6) is 0 Å². The first-order valence-electron chi connectivity index (χ1n) is 8.75. The number of nitrogens with one attached hydrogen (secondary N) is 2. The summed E-state index contributed by atoms with van der Waals surface area (Å²) in [6.07, 6.45) is 1.35. The highest BCUT2D eigenvalue weighted by molar-refractivity contribution is 6.33. The Kier molecular flexibility index (Phi) is 6.69. The Bertz CT molecular complexity index is 1190. The van der Waals surface area contributed by atoms with Crippen molar-refractivity contribution >= 4 is 34.9 Å². The Labute approximate surface area is 182 Å². The second-order valence-corrected chi connectivity index (χ2v) is 6.48. The van der Waals surface area contributed by atoms with Gasteiger partial charge in [0.2, 0.25) is 0 Å². The third kappa shape index (κ3) is 5.39. The van der Waals surface area contributed by atoms with Crippen LogP contribution in [-0.2, 0) is 6.54 Å². The number of halogens is 1. The molecule has 2 amide bonds. The number of carbonyl (C=O) groups excluding carboxylic acids is 2. The van der Waals surface area contributed by atoms with Gasteiger partial charge in [-0.15, -0.1) is 0 Å². The van der Waals surface area contributed by atoms with Gasteiger partial charge in [0.05, 0.1) is 32.9 Å². The third-order valence-electron chi connectivity index (χ3n) is 3.88. The standard InChI is InChI=1S/C16H13ClN8O7/c17-11-2-1-9(24(28)29)7-10(11)14(26)18-4-5-19-15(27)16-20-12(22-32-16)8-23-6-3-13(21-23)25(30)31/h1-3,6-7H,4-5,8H2,(H,18,26)(H,19,27). The summed E-state index contributed by atoms with van der Waals surface area (Å²) in [6, 6.07) is 4.66. The molecule has 0 saturated heterocycles. The zero-order chi connectivity index (χ0) is 23.3. The number of aromatic nitrogens is 4. The minimum Gasteiger partial charge on any atom is -0.358 e. The molecule has 0 fully saturated rings. The number of non-ortho nitro benzene ring substituents is 1. The van der Waals surface area contributed by atoms with Crippen molar-refractivity contribution in [2.24, 2.45) is 0 Å². The number of benzene rings is 1. The molecule has 0 bridgehead atoms. The van der Waals surface area contributed by atoms with Crippen LogP contribution in [0.25, 0.3) is 0 Å². The minimum absolute atomic E-state index is 0.0124. The van der Waals surface area contributed by atoms with Crippen molar-refractivity contribution in [1.82, 2.24) is 30.6 Å². The van der Waals surface area contributed by atoms with Gasteiger partial charge in [-0.25, -0.2) is 0 Å². The first-order chi connectivity index (χ1) is 15.2. The molecule has 1 aromatic carbocycles. The lowest BCUT2D eigenvalue weighted by molar-refractivity contribution is -0.389. The Morgan fingerprint density at radius 2 is 1.81 bits per heavy atom. The molecule has 15 nitrogen and oxygen atoms in total. The summed E-state index contributed by atoms with van der Waals surface area (Å²) in [5, 5.41) is 33.7. The van der Waals surface area contributed by atoms with Crippen molar-refractivity contribution in [3.05, 3.63) is 73.0 Å². The van der Waals surface area contributed by atoms with Crippen LogP contribution in [0, 0.1) is 20.2 Å². The van der Waals surface area contributed by atoms with Crippen LogP contribution >= 0.6 is 11.6 Å². The van der Waals surface area contributed by atoms with E-state index in [1.54, 1.807) is 0 Å². The number of nitro benzene ring substituents is 1. The monoisotopic (exact) mass is 464 g/mol. The summed E-state index contributed by atoms with van der Waals surface area (Å²) in [5.74, 6) is -1.99. The average molecular weight is 465 g/mol. The van der Waals surface area contributed by atoms with Gasteiger partial charge in [0, 0.05) is 25.2 Å². The van der Waals surface area contributed by atoms with E-state index in [1.165, 1.54) is 29.1 Å². The number of amides is 2. The second kappa shape index (κ2) is 9.61. The molecule has 3 aromatic rings. The maximum atomic E-state index is 12.2. The number of nitrogens with zero attached hydrogens (tertiary/aromatic N) is 6. The summed E-state index contributed by atoms with van der Waals surface area (Å²) < 4.78 is 6.04. The molecule has 32 heavy (non-hydrogen) atoms. The van der Waals surface area contributed by atoms with E-state index >= 15 is 0 Å². The Morgan fingerprint density at radius 1 is 1.09 bits per heavy atom. The maximum absolute atomic E-state index is 12.2. The number of hydrogen-bond donors (Lipinski definition) is 2. The van der Waals surface area contributed by atoms with E-state index in [-0.39, 0.29) is 53.4 Å². The van der Waals surface area contributed by atoms with E-state index in [1.807, 2.05) is 0 Å². The van der Waals surface area contributed by atoms with E-state index < -0.39 is 21.7 Å². The Hall–Kier alpha value is -4.40. The van der Waals surface area contributed by atoms with Crippen molar-refractivity contribution in [2.45, 2.75) is 6.54 Å². The van der Waals surface area contributed by atoms with E-state index in [0.29, 0.717) is 0 Å². The fourth-order valence-corrected chi connectivity index (χ4v) is 2.62. The first-order valence-corrected chi connectivity index (χ1v) is 9.13. The predicted octanol–water partition coefficient (Wildman–Crippen LogP) is 0.944. The molecule has 0 radical (unpaired) electrons. The fourth-order valence-electron chi connectivity index (χ4n) is 2.42. The van der Waals surface area contributed by atoms with Gasteiger partial charge in [-0.05, 0) is 11.0 Å². The van der Waals surface area contributed by atoms with Crippen LogP contribution in [0.2, 0.25) is 5.02 Å². The molecule has 0 aliphatic carbocycles. The minimum atomic E-state index is -0.710. The molecule has 166 valence electrons. The largest absolute Gasteiger partial charge is 0.389 e. The number of nitro groups is 2. The van der Waals surface area contributed by atoms with Crippen LogP contribution < -0.4 is 10.6 Å². The van der Waals surface area contributed by atoms with Crippen LogP contribution in [0.4, 0.5) is 11.5 Å². The number of carbonyl (C=O) groups is 2. The van der Waals surface area contributed by atoms with E-state index in [2.05, 4.69) is 25.9 Å². The molecule has 0 unspecified atom stereocenters. The van der Waals surface area contributed by atoms with Gasteiger partial charge in [-0.1, -0.05) is 16.8 Å². The van der Waals surface area contributed by atoms with Gasteiger partial charge in [0.15, 0.2) is 5.82 Å². The molecule has 0 aliphatic rings. The highest BCUT2D eigenvalue weighted by Crippen LogP contribution is 2.21. The van der Waals surface area contributed by atoms with Crippen molar-refractivity contribution in [3.8, 4) is 0 Å². The molecular weight excluding hydrogens is 452 g/mol. The molecule has 0 saturated carbocycles. The lowest BCUT2D eigenvalue weighted by atomic mass is 10.2. The lowest BCUT2D eigenvalue weighted by Gasteiger charge is -2.07. The topological polar surface area (TPSA) is 201 Å². The second-order valence-electron chi connectivity index (χ2n) is 6.08. The zero-order valence-electron chi connectivity index (χ0n) is 15.9. The Morgan fingerprint density at radius 3 is 2.47 bits per heavy atom. The van der Waals surface area contributed by atoms with Gasteiger partial charge in [0.1, 0.15) is 6.54 Å². The summed E-state index contributed by atoms with van der Waals surface area (Å²) >= 11 is 5.90. The van der Waals surface area contributed by atoms with E-state index in [4.69, 9.17) is 16.1 Å². The molecule has 0 aliphatic heterocycles. The fraction of sp³-hybridized carbons (Fsp3) is 0.188. The molecule has 0 atom stereocenters. The highest BCUT2D eigenvalue weighted by atomic mass is 35.5. The van der Waals surface area contributed by atoms with Crippen LogP contribution in [0.15, 0.2) is 35.0 Å². The predicted molar refractivity (Wildman–Crippen MR) is 105 cm³/mol. The average Bonchev–Trinajstić information content (AvgIpc) is 3.41. The van der Waals surface area contributed by atoms with Gasteiger partial charge in [-0.2, -0.15) is 9.67 Å². The van der Waals surface area contributed by atoms with Crippen LogP contribution in [0.3, 0.4) is 0 Å². The third-order valence-corrected chi connectivity index (χ3v) is 4.21. The summed E-state index contributed by atoms with van der Waals surface area (Å²) in [5.41, 5.74) is -0.364. The maximum Gasteiger partial charge on any atom is 0.389 e. The quantitative estimate of drug-likeness (QED) is 0.260. The zero-order valence-corrected chi connectivity index (χ0v) is 16.7. The molecular formula is C16H13ClN8O7. The lowest BCUT2D eigenvalue weighted by Crippen LogP contribution is -2.35. The van der Waals surface area contributed by atoms with Crippen molar-refractivity contribution in [1.29, 1.82) is 0 Å². The smallest absolute Gasteiger partial charge is 0.358 e. The van der Waals surface area contributed by atoms with E-state index in [9.17, 15) is 29.8 Å². The highest BCUT2D eigenvalue weighted by Gasteiger charge is 2.18. The van der Waals surface area contributed by atoms with E-state index in [0.717, 1.165) is 6.07 Å². The van der Waals surface area contributed by atoms with Crippen molar-refractivity contribution in [3.63, 3.8) is 0 Å². The Balaban J connectivity index is 1.48. The summed E-state index contributed by atoms with van der Waals surface area (Å²) in [4.78, 5) is 48.2. The van der Waals surface area contributed by atoms with Crippen molar-refractivity contribution < 1.29 is 24.0 Å².